The summed E-state index contributed by atoms with van der Waals surface area (Å²) in [5, 5.41) is 12.0. The highest BCUT2D eigenvalue weighted by Gasteiger charge is 2.17. The maximum absolute atomic E-state index is 12.6. The van der Waals surface area contributed by atoms with E-state index in [2.05, 4.69) is 30.2 Å². The zero-order chi connectivity index (χ0) is 28.7. The van der Waals surface area contributed by atoms with Gasteiger partial charge in [0.05, 0.1) is 4.90 Å². The van der Waals surface area contributed by atoms with Crippen LogP contribution in [0.4, 0.5) is 11.6 Å². The van der Waals surface area contributed by atoms with Crippen molar-refractivity contribution in [1.29, 1.82) is 0 Å². The van der Waals surface area contributed by atoms with E-state index >= 15 is 0 Å². The molecule has 2 N–H and O–H groups in total. The van der Waals surface area contributed by atoms with Crippen molar-refractivity contribution in [3.63, 3.8) is 0 Å². The minimum absolute atomic E-state index is 0.00958. The van der Waals surface area contributed by atoms with Crippen LogP contribution in [0, 0.1) is 6.92 Å². The van der Waals surface area contributed by atoms with Gasteiger partial charge in [-0.25, -0.2) is 28.1 Å². The van der Waals surface area contributed by atoms with Gasteiger partial charge in [0, 0.05) is 40.9 Å². The summed E-state index contributed by atoms with van der Waals surface area (Å²) in [6.45, 7) is 1.74. The molecule has 2 aromatic heterocycles. The largest absolute Gasteiger partial charge is 0.326 e. The van der Waals surface area contributed by atoms with E-state index in [-0.39, 0.29) is 23.2 Å². The molecule has 2 heterocycles. The van der Waals surface area contributed by atoms with Gasteiger partial charge in [0.2, 0.25) is 17.0 Å². The first-order valence-corrected chi connectivity index (χ1v) is 15.0. The van der Waals surface area contributed by atoms with E-state index in [1.54, 1.807) is 13.0 Å². The highest BCUT2D eigenvalue weighted by molar-refractivity contribution is 7.99. The van der Waals surface area contributed by atoms with Crippen LogP contribution in [0.3, 0.4) is 0 Å². The number of carbonyl (C=O) groups is 1. The SMILES string of the molecule is Cc1ccnc(NS(=O)(=O)c2ccc(NC(=O)CCSc3nnc(-c4ccccc4)c(-c4ccccc4)n3)cc2)n1. The van der Waals surface area contributed by atoms with E-state index in [1.165, 1.54) is 42.2 Å². The monoisotopic (exact) mass is 583 g/mol. The van der Waals surface area contributed by atoms with Gasteiger partial charge >= 0.3 is 0 Å². The number of aryl methyl sites for hydroxylation is 1. The van der Waals surface area contributed by atoms with Gasteiger partial charge in [-0.3, -0.25) is 4.79 Å². The third kappa shape index (κ3) is 7.29. The number of sulfonamides is 1. The van der Waals surface area contributed by atoms with E-state index in [9.17, 15) is 13.2 Å². The smallest absolute Gasteiger partial charge is 0.264 e. The first-order valence-electron chi connectivity index (χ1n) is 12.6. The molecule has 0 saturated carbocycles. The molecule has 0 aliphatic rings. The summed E-state index contributed by atoms with van der Waals surface area (Å²) in [5.74, 6) is 0.195. The highest BCUT2D eigenvalue weighted by Crippen LogP contribution is 2.29. The van der Waals surface area contributed by atoms with Gasteiger partial charge in [0.1, 0.15) is 11.4 Å². The molecule has 3 aromatic carbocycles. The molecule has 0 fully saturated rings. The zero-order valence-corrected chi connectivity index (χ0v) is 23.6. The van der Waals surface area contributed by atoms with Crippen molar-refractivity contribution in [3.05, 3.63) is 103 Å². The number of hydrogen-bond acceptors (Lipinski definition) is 9. The van der Waals surface area contributed by atoms with Crippen molar-refractivity contribution in [2.24, 2.45) is 0 Å². The van der Waals surface area contributed by atoms with Gasteiger partial charge in [-0.05, 0) is 37.3 Å². The van der Waals surface area contributed by atoms with E-state index in [0.717, 1.165) is 16.8 Å². The number of amides is 1. The number of thioether (sulfide) groups is 1. The molecule has 206 valence electrons. The van der Waals surface area contributed by atoms with Crippen molar-refractivity contribution in [2.75, 3.05) is 15.8 Å². The van der Waals surface area contributed by atoms with E-state index < -0.39 is 10.0 Å². The van der Waals surface area contributed by atoms with Gasteiger partial charge in [0.25, 0.3) is 10.0 Å². The van der Waals surface area contributed by atoms with Crippen LogP contribution >= 0.6 is 11.8 Å². The molecule has 0 aliphatic carbocycles. The quantitative estimate of drug-likeness (QED) is 0.212. The number of rotatable bonds is 10. The summed E-state index contributed by atoms with van der Waals surface area (Å²) in [7, 11) is -3.88. The van der Waals surface area contributed by atoms with E-state index in [1.807, 2.05) is 60.7 Å². The summed E-state index contributed by atoms with van der Waals surface area (Å²) in [6, 6.07) is 27.1. The van der Waals surface area contributed by atoms with Crippen LogP contribution < -0.4 is 10.0 Å². The lowest BCUT2D eigenvalue weighted by Gasteiger charge is -2.10. The maximum Gasteiger partial charge on any atom is 0.264 e. The number of aromatic nitrogens is 5. The summed E-state index contributed by atoms with van der Waals surface area (Å²) < 4.78 is 27.6. The molecule has 0 saturated heterocycles. The lowest BCUT2D eigenvalue weighted by atomic mass is 10.0. The molecule has 0 radical (unpaired) electrons. The number of carbonyl (C=O) groups excluding carboxylic acids is 1. The molecule has 10 nitrogen and oxygen atoms in total. The summed E-state index contributed by atoms with van der Waals surface area (Å²) in [6.07, 6.45) is 1.67. The molecule has 41 heavy (non-hydrogen) atoms. The van der Waals surface area contributed by atoms with E-state index in [4.69, 9.17) is 4.98 Å². The van der Waals surface area contributed by atoms with Gasteiger partial charge < -0.3 is 5.32 Å². The van der Waals surface area contributed by atoms with Gasteiger partial charge in [-0.15, -0.1) is 10.2 Å². The Kier molecular flexibility index (Phi) is 8.61. The number of hydrogen-bond donors (Lipinski definition) is 2. The second-order valence-electron chi connectivity index (χ2n) is 8.82. The standard InChI is InChI=1S/C29H25N7O3S2/c1-20-16-18-30-28(31-20)36-41(38,39)24-14-12-23(13-15-24)32-25(37)17-19-40-29-33-26(21-8-4-2-5-9-21)27(34-35-29)22-10-6-3-7-11-22/h2-16,18H,17,19H2,1H3,(H,32,37)(H,30,31,36). The first-order chi connectivity index (χ1) is 19.9. The predicted molar refractivity (Wildman–Crippen MR) is 159 cm³/mol. The number of nitrogens with zero attached hydrogens (tertiary/aromatic N) is 5. The second kappa shape index (κ2) is 12.7. The summed E-state index contributed by atoms with van der Waals surface area (Å²) >= 11 is 1.33. The predicted octanol–water partition coefficient (Wildman–Crippen LogP) is 5.23. The van der Waals surface area contributed by atoms with Crippen LogP contribution in [0.5, 0.6) is 0 Å². The lowest BCUT2D eigenvalue weighted by Crippen LogP contribution is -2.16. The van der Waals surface area contributed by atoms with Crippen molar-refractivity contribution < 1.29 is 13.2 Å². The van der Waals surface area contributed by atoms with Gasteiger partial charge in [-0.2, -0.15) is 0 Å². The van der Waals surface area contributed by atoms with Crippen LogP contribution in [0.15, 0.2) is 107 Å². The van der Waals surface area contributed by atoms with Gasteiger partial charge in [-0.1, -0.05) is 72.4 Å². The number of anilines is 2. The molecule has 0 bridgehead atoms. The number of nitrogens with one attached hydrogen (secondary N) is 2. The molecule has 12 heteroatoms. The third-order valence-electron chi connectivity index (χ3n) is 5.79. The Bertz CT molecular complexity index is 1750. The molecule has 0 aliphatic heterocycles. The Balaban J connectivity index is 1.19. The van der Waals surface area contributed by atoms with Crippen molar-refractivity contribution >= 4 is 39.3 Å². The van der Waals surface area contributed by atoms with Crippen LogP contribution in [0.1, 0.15) is 12.1 Å². The molecular weight excluding hydrogens is 558 g/mol. The fourth-order valence-electron chi connectivity index (χ4n) is 3.81. The Morgan fingerprint density at radius 3 is 2.12 bits per heavy atom. The van der Waals surface area contributed by atoms with Crippen LogP contribution in [0.25, 0.3) is 22.5 Å². The average molecular weight is 584 g/mol. The Morgan fingerprint density at radius 2 is 1.46 bits per heavy atom. The highest BCUT2D eigenvalue weighted by atomic mass is 32.2. The minimum atomic E-state index is -3.88. The van der Waals surface area contributed by atoms with Gasteiger partial charge in [0.15, 0.2) is 0 Å². The average Bonchev–Trinajstić information content (AvgIpc) is 2.98. The zero-order valence-electron chi connectivity index (χ0n) is 21.9. The molecular formula is C29H25N7O3S2. The summed E-state index contributed by atoms with van der Waals surface area (Å²) in [5.41, 5.74) is 4.36. The molecule has 5 rings (SSSR count). The Hall–Kier alpha value is -4.68. The topological polar surface area (TPSA) is 140 Å². The van der Waals surface area contributed by atoms with Crippen LogP contribution in [-0.4, -0.2) is 45.2 Å². The van der Waals surface area contributed by atoms with Crippen molar-refractivity contribution in [2.45, 2.75) is 23.4 Å². The summed E-state index contributed by atoms with van der Waals surface area (Å²) in [4.78, 5) is 25.3. The van der Waals surface area contributed by atoms with Crippen molar-refractivity contribution in [3.8, 4) is 22.5 Å². The maximum atomic E-state index is 12.6. The number of benzene rings is 3. The van der Waals surface area contributed by atoms with Crippen molar-refractivity contribution in [1.82, 2.24) is 25.1 Å². The first kappa shape index (κ1) is 27.9. The minimum Gasteiger partial charge on any atom is -0.326 e. The Labute approximate surface area is 241 Å². The molecule has 5 aromatic rings. The third-order valence-corrected chi connectivity index (χ3v) is 7.97. The fraction of sp³-hybridized carbons (Fsp3) is 0.103. The van der Waals surface area contributed by atoms with E-state index in [0.29, 0.717) is 28.0 Å². The molecule has 0 unspecified atom stereocenters. The van der Waals surface area contributed by atoms with Crippen LogP contribution in [-0.2, 0) is 14.8 Å². The second-order valence-corrected chi connectivity index (χ2v) is 11.6. The molecule has 1 amide bonds. The molecule has 0 spiro atoms. The Morgan fingerprint density at radius 1 is 0.805 bits per heavy atom. The normalized spacial score (nSPS) is 11.1. The van der Waals surface area contributed by atoms with Crippen LogP contribution in [0.2, 0.25) is 0 Å². The molecule has 0 atom stereocenters. The fourth-order valence-corrected chi connectivity index (χ4v) is 5.49. The lowest BCUT2D eigenvalue weighted by molar-refractivity contribution is -0.115.